The van der Waals surface area contributed by atoms with Crippen molar-refractivity contribution in [1.29, 1.82) is 0 Å². The lowest BCUT2D eigenvalue weighted by Crippen LogP contribution is -2.40. The van der Waals surface area contributed by atoms with Crippen molar-refractivity contribution < 1.29 is 9.53 Å². The van der Waals surface area contributed by atoms with Crippen LogP contribution in [-0.4, -0.2) is 35.0 Å². The predicted molar refractivity (Wildman–Crippen MR) is 113 cm³/mol. The van der Waals surface area contributed by atoms with E-state index in [-0.39, 0.29) is 17.9 Å². The van der Waals surface area contributed by atoms with Crippen molar-refractivity contribution in [2.75, 3.05) is 13.1 Å². The molecule has 1 N–H and O–H groups in total. The predicted octanol–water partition coefficient (Wildman–Crippen LogP) is 3.90. The average molecular weight is 402 g/mol. The number of carbonyl (C=O) groups is 1. The smallest absolute Gasteiger partial charge is 0.223 e. The van der Waals surface area contributed by atoms with E-state index in [4.69, 9.17) is 4.74 Å². The summed E-state index contributed by atoms with van der Waals surface area (Å²) in [7, 11) is 0. The second kappa shape index (κ2) is 10.1. The van der Waals surface area contributed by atoms with Gasteiger partial charge in [0.2, 0.25) is 5.91 Å². The molecule has 2 aromatic rings. The number of aromatic nitrogens is 1. The Hall–Kier alpha value is -1.76. The third-order valence-electron chi connectivity index (χ3n) is 5.15. The largest absolute Gasteiger partial charge is 0.374 e. The molecule has 1 amide bonds. The fourth-order valence-electron chi connectivity index (χ4n) is 3.52. The number of nitrogens with one attached hydrogen (secondary N) is 1. The molecule has 0 saturated carbocycles. The molecule has 1 aliphatic rings. The van der Waals surface area contributed by atoms with Crippen LogP contribution in [0.25, 0.3) is 0 Å². The van der Waals surface area contributed by atoms with Crippen LogP contribution < -0.4 is 5.32 Å². The molecule has 2 heterocycles. The maximum absolute atomic E-state index is 12.6. The molecule has 1 fully saturated rings. The number of thiazole rings is 1. The SMILES string of the molecule is Cc1nc(CN2CCC(C(=O)NCc3ccccc3COC(C)C)CC2)cs1. The van der Waals surface area contributed by atoms with E-state index in [1.165, 1.54) is 0 Å². The molecule has 152 valence electrons. The number of rotatable bonds is 8. The number of amides is 1. The zero-order valence-electron chi connectivity index (χ0n) is 17.1. The number of piperidine rings is 1. The van der Waals surface area contributed by atoms with Gasteiger partial charge in [-0.15, -0.1) is 11.3 Å². The van der Waals surface area contributed by atoms with Crippen molar-refractivity contribution in [1.82, 2.24) is 15.2 Å². The van der Waals surface area contributed by atoms with Crippen LogP contribution in [0.15, 0.2) is 29.6 Å². The Bertz CT molecular complexity index is 767. The third kappa shape index (κ3) is 6.12. The van der Waals surface area contributed by atoms with E-state index in [0.29, 0.717) is 13.2 Å². The highest BCUT2D eigenvalue weighted by Crippen LogP contribution is 2.20. The number of benzene rings is 1. The van der Waals surface area contributed by atoms with Crippen LogP contribution in [-0.2, 0) is 29.2 Å². The fourth-order valence-corrected chi connectivity index (χ4v) is 4.12. The van der Waals surface area contributed by atoms with Crippen LogP contribution in [0.1, 0.15) is 48.5 Å². The summed E-state index contributed by atoms with van der Waals surface area (Å²) in [6.07, 6.45) is 2.01. The van der Waals surface area contributed by atoms with Crippen molar-refractivity contribution in [3.63, 3.8) is 0 Å². The monoisotopic (exact) mass is 401 g/mol. The van der Waals surface area contributed by atoms with Crippen molar-refractivity contribution in [3.05, 3.63) is 51.5 Å². The van der Waals surface area contributed by atoms with E-state index in [1.54, 1.807) is 11.3 Å². The van der Waals surface area contributed by atoms with E-state index in [1.807, 2.05) is 32.9 Å². The first-order valence-corrected chi connectivity index (χ1v) is 11.0. The van der Waals surface area contributed by atoms with Gasteiger partial charge in [0.1, 0.15) is 0 Å². The normalized spacial score (nSPS) is 15.9. The first-order valence-electron chi connectivity index (χ1n) is 10.1. The molecule has 5 nitrogen and oxygen atoms in total. The minimum atomic E-state index is 0.104. The van der Waals surface area contributed by atoms with Gasteiger partial charge in [-0.1, -0.05) is 24.3 Å². The zero-order valence-corrected chi connectivity index (χ0v) is 17.9. The van der Waals surface area contributed by atoms with Gasteiger partial charge in [0.05, 0.1) is 23.4 Å². The van der Waals surface area contributed by atoms with Crippen LogP contribution in [0.2, 0.25) is 0 Å². The van der Waals surface area contributed by atoms with E-state index < -0.39 is 0 Å². The van der Waals surface area contributed by atoms with Gasteiger partial charge >= 0.3 is 0 Å². The number of hydrogen-bond acceptors (Lipinski definition) is 5. The maximum Gasteiger partial charge on any atom is 0.223 e. The highest BCUT2D eigenvalue weighted by Gasteiger charge is 2.25. The van der Waals surface area contributed by atoms with Crippen LogP contribution in [0.5, 0.6) is 0 Å². The Morgan fingerprint density at radius 2 is 2.00 bits per heavy atom. The maximum atomic E-state index is 12.6. The molecule has 0 atom stereocenters. The molecule has 3 rings (SSSR count). The Labute approximate surface area is 172 Å². The Balaban J connectivity index is 1.45. The number of hydrogen-bond donors (Lipinski definition) is 1. The standard InChI is InChI=1S/C22H31N3O2S/c1-16(2)27-14-20-7-5-4-6-19(20)12-23-22(26)18-8-10-25(11-9-18)13-21-15-28-17(3)24-21/h4-7,15-16,18H,8-14H2,1-3H3,(H,23,26). The summed E-state index contributed by atoms with van der Waals surface area (Å²) < 4.78 is 5.73. The highest BCUT2D eigenvalue weighted by atomic mass is 32.1. The van der Waals surface area contributed by atoms with E-state index in [2.05, 4.69) is 32.7 Å². The van der Waals surface area contributed by atoms with Crippen molar-refractivity contribution in [3.8, 4) is 0 Å². The van der Waals surface area contributed by atoms with E-state index in [9.17, 15) is 4.79 Å². The summed E-state index contributed by atoms with van der Waals surface area (Å²) in [5.41, 5.74) is 3.42. The molecule has 1 aliphatic heterocycles. The van der Waals surface area contributed by atoms with Gasteiger partial charge in [0.25, 0.3) is 0 Å². The number of aryl methyl sites for hydroxylation is 1. The van der Waals surface area contributed by atoms with Crippen LogP contribution in [0, 0.1) is 12.8 Å². The Kier molecular flexibility index (Phi) is 7.59. The molecule has 1 aromatic carbocycles. The number of nitrogens with zero attached hydrogens (tertiary/aromatic N) is 2. The first-order chi connectivity index (χ1) is 13.5. The molecule has 28 heavy (non-hydrogen) atoms. The van der Waals surface area contributed by atoms with Gasteiger partial charge in [-0.2, -0.15) is 0 Å². The molecule has 0 aliphatic carbocycles. The summed E-state index contributed by atoms with van der Waals surface area (Å²) >= 11 is 1.70. The molecule has 0 spiro atoms. The molecular weight excluding hydrogens is 370 g/mol. The fraction of sp³-hybridized carbons (Fsp3) is 0.545. The zero-order chi connectivity index (χ0) is 19.9. The van der Waals surface area contributed by atoms with Crippen molar-refractivity contribution in [2.45, 2.75) is 59.4 Å². The number of ether oxygens (including phenoxy) is 1. The Morgan fingerprint density at radius 3 is 2.64 bits per heavy atom. The summed E-state index contributed by atoms with van der Waals surface area (Å²) in [6, 6.07) is 8.17. The first kappa shape index (κ1) is 21.0. The van der Waals surface area contributed by atoms with Gasteiger partial charge in [0.15, 0.2) is 0 Å². The van der Waals surface area contributed by atoms with Gasteiger partial charge in [-0.25, -0.2) is 4.98 Å². The van der Waals surface area contributed by atoms with Gasteiger partial charge in [-0.3, -0.25) is 9.69 Å². The molecule has 1 aromatic heterocycles. The number of carbonyl (C=O) groups excluding carboxylic acids is 1. The molecule has 0 radical (unpaired) electrons. The lowest BCUT2D eigenvalue weighted by molar-refractivity contribution is -0.126. The summed E-state index contributed by atoms with van der Waals surface area (Å²) in [6.45, 7) is 10.0. The van der Waals surface area contributed by atoms with Gasteiger partial charge in [0, 0.05) is 24.4 Å². The van der Waals surface area contributed by atoms with Gasteiger partial charge < -0.3 is 10.1 Å². The number of likely N-dealkylation sites (tertiary alicyclic amines) is 1. The Morgan fingerprint density at radius 1 is 1.29 bits per heavy atom. The molecule has 0 unspecified atom stereocenters. The van der Waals surface area contributed by atoms with E-state index in [0.717, 1.165) is 54.3 Å². The average Bonchev–Trinajstić information content (AvgIpc) is 3.10. The molecule has 1 saturated heterocycles. The van der Waals surface area contributed by atoms with Crippen LogP contribution in [0.4, 0.5) is 0 Å². The van der Waals surface area contributed by atoms with Crippen LogP contribution in [0.3, 0.4) is 0 Å². The lowest BCUT2D eigenvalue weighted by atomic mass is 9.95. The quantitative estimate of drug-likeness (QED) is 0.729. The van der Waals surface area contributed by atoms with Crippen molar-refractivity contribution >= 4 is 17.2 Å². The second-order valence-electron chi connectivity index (χ2n) is 7.75. The third-order valence-corrected chi connectivity index (χ3v) is 5.98. The van der Waals surface area contributed by atoms with Gasteiger partial charge in [-0.05, 0) is 57.8 Å². The second-order valence-corrected chi connectivity index (χ2v) is 8.82. The summed E-state index contributed by atoms with van der Waals surface area (Å²) in [5.74, 6) is 0.274. The molecule has 0 bridgehead atoms. The minimum Gasteiger partial charge on any atom is -0.374 e. The molecular formula is C22H31N3O2S. The van der Waals surface area contributed by atoms with E-state index >= 15 is 0 Å². The summed E-state index contributed by atoms with van der Waals surface area (Å²) in [4.78, 5) is 19.6. The minimum absolute atomic E-state index is 0.104. The summed E-state index contributed by atoms with van der Waals surface area (Å²) in [5, 5.41) is 6.39. The molecule has 6 heteroatoms. The highest BCUT2D eigenvalue weighted by molar-refractivity contribution is 7.09. The topological polar surface area (TPSA) is 54.5 Å². The van der Waals surface area contributed by atoms with Crippen LogP contribution >= 0.6 is 11.3 Å². The lowest BCUT2D eigenvalue weighted by Gasteiger charge is -2.30. The van der Waals surface area contributed by atoms with Crippen molar-refractivity contribution in [2.24, 2.45) is 5.92 Å².